The van der Waals surface area contributed by atoms with Crippen molar-refractivity contribution in [3.05, 3.63) is 35.4 Å². The van der Waals surface area contributed by atoms with Crippen molar-refractivity contribution >= 4 is 0 Å². The molecule has 1 atom stereocenters. The molecule has 18 heavy (non-hydrogen) atoms. The average molecular weight is 258 g/mol. The Hall–Kier alpha value is -1.07. The normalized spacial score (nSPS) is 18.1. The molecule has 0 spiro atoms. The van der Waals surface area contributed by atoms with Crippen molar-refractivity contribution in [2.45, 2.75) is 31.1 Å². The summed E-state index contributed by atoms with van der Waals surface area (Å²) in [7, 11) is 1.91. The number of hydrogen-bond donors (Lipinski definition) is 1. The minimum absolute atomic E-state index is 0.178. The molecule has 2 rings (SSSR count). The summed E-state index contributed by atoms with van der Waals surface area (Å²) in [5, 5.41) is 0. The third-order valence-corrected chi connectivity index (χ3v) is 3.32. The zero-order chi connectivity index (χ0) is 13.3. The summed E-state index contributed by atoms with van der Waals surface area (Å²) >= 11 is 0. The first-order valence-electron chi connectivity index (χ1n) is 6.01. The molecular weight excluding hydrogens is 241 g/mol. The molecule has 0 bridgehead atoms. The number of likely N-dealkylation sites (N-methyl/N-ethyl adjacent to an activating group) is 1. The Bertz CT molecular complexity index is 413. The van der Waals surface area contributed by atoms with E-state index in [9.17, 15) is 13.2 Å². The van der Waals surface area contributed by atoms with Crippen molar-refractivity contribution in [1.82, 2.24) is 4.90 Å². The molecule has 1 saturated carbocycles. The van der Waals surface area contributed by atoms with Gasteiger partial charge in [0.05, 0.1) is 5.56 Å². The summed E-state index contributed by atoms with van der Waals surface area (Å²) in [5.41, 5.74) is 5.47. The highest BCUT2D eigenvalue weighted by atomic mass is 19.4. The van der Waals surface area contributed by atoms with Crippen LogP contribution in [0.5, 0.6) is 0 Å². The zero-order valence-electron chi connectivity index (χ0n) is 10.2. The first-order chi connectivity index (χ1) is 8.39. The van der Waals surface area contributed by atoms with Crippen LogP contribution < -0.4 is 5.73 Å². The van der Waals surface area contributed by atoms with Crippen molar-refractivity contribution in [1.29, 1.82) is 0 Å². The van der Waals surface area contributed by atoms with Gasteiger partial charge in [0.1, 0.15) is 0 Å². The van der Waals surface area contributed by atoms with Crippen molar-refractivity contribution in [2.24, 2.45) is 5.73 Å². The van der Waals surface area contributed by atoms with Gasteiger partial charge in [-0.2, -0.15) is 13.2 Å². The topological polar surface area (TPSA) is 29.3 Å². The number of nitrogens with two attached hydrogens (primary N) is 1. The Morgan fingerprint density at radius 3 is 2.50 bits per heavy atom. The van der Waals surface area contributed by atoms with E-state index in [1.807, 2.05) is 11.9 Å². The second-order valence-corrected chi connectivity index (χ2v) is 4.86. The van der Waals surface area contributed by atoms with Crippen LogP contribution in [0, 0.1) is 0 Å². The monoisotopic (exact) mass is 258 g/mol. The van der Waals surface area contributed by atoms with Crippen molar-refractivity contribution < 1.29 is 13.2 Å². The first kappa shape index (κ1) is 13.4. The molecule has 0 heterocycles. The van der Waals surface area contributed by atoms with Gasteiger partial charge >= 0.3 is 6.18 Å². The molecule has 1 aromatic rings. The van der Waals surface area contributed by atoms with Crippen LogP contribution in [0.1, 0.15) is 30.0 Å². The van der Waals surface area contributed by atoms with E-state index >= 15 is 0 Å². The molecule has 1 aromatic carbocycles. The van der Waals surface area contributed by atoms with Gasteiger partial charge in [-0.3, -0.25) is 0 Å². The van der Waals surface area contributed by atoms with E-state index in [4.69, 9.17) is 5.73 Å². The van der Waals surface area contributed by atoms with Crippen molar-refractivity contribution in [3.8, 4) is 0 Å². The molecule has 2 N–H and O–H groups in total. The van der Waals surface area contributed by atoms with Gasteiger partial charge < -0.3 is 10.6 Å². The smallest absolute Gasteiger partial charge is 0.323 e. The summed E-state index contributed by atoms with van der Waals surface area (Å²) in [6.07, 6.45) is -2.11. The Balaban J connectivity index is 2.16. The lowest BCUT2D eigenvalue weighted by atomic mass is 10.00. The first-order valence-corrected chi connectivity index (χ1v) is 6.01. The number of nitrogens with zero attached hydrogens (tertiary/aromatic N) is 1. The highest BCUT2D eigenvalue weighted by Gasteiger charge is 2.35. The number of halogens is 3. The molecule has 1 fully saturated rings. The molecular formula is C13H17F3N2. The minimum atomic E-state index is -4.34. The standard InChI is InChI=1S/C13H17F3N2/c1-18(9-6-7-9)8-12(17)10-4-2-3-5-11(10)13(14,15)16/h2-5,9,12H,6-8,17H2,1H3. The summed E-state index contributed by atoms with van der Waals surface area (Å²) in [4.78, 5) is 2.04. The molecule has 0 aromatic heterocycles. The molecule has 1 unspecified atom stereocenters. The van der Waals surface area contributed by atoms with Crippen LogP contribution in [0.15, 0.2) is 24.3 Å². The Kier molecular flexibility index (Phi) is 3.64. The van der Waals surface area contributed by atoms with Crippen LogP contribution in [0.3, 0.4) is 0 Å². The van der Waals surface area contributed by atoms with Crippen LogP contribution in [0.2, 0.25) is 0 Å². The highest BCUT2D eigenvalue weighted by molar-refractivity contribution is 5.32. The zero-order valence-corrected chi connectivity index (χ0v) is 10.2. The highest BCUT2D eigenvalue weighted by Crippen LogP contribution is 2.34. The van der Waals surface area contributed by atoms with Gasteiger partial charge in [-0.25, -0.2) is 0 Å². The van der Waals surface area contributed by atoms with Crippen LogP contribution in [0.25, 0.3) is 0 Å². The summed E-state index contributed by atoms with van der Waals surface area (Å²) in [5.74, 6) is 0. The van der Waals surface area contributed by atoms with Gasteiger partial charge in [-0.15, -0.1) is 0 Å². The maximum atomic E-state index is 12.8. The number of hydrogen-bond acceptors (Lipinski definition) is 2. The maximum Gasteiger partial charge on any atom is 0.416 e. The molecule has 2 nitrogen and oxygen atoms in total. The van der Waals surface area contributed by atoms with Gasteiger partial charge in [-0.05, 0) is 31.5 Å². The fourth-order valence-corrected chi connectivity index (χ4v) is 2.15. The maximum absolute atomic E-state index is 12.8. The fraction of sp³-hybridized carbons (Fsp3) is 0.538. The SMILES string of the molecule is CN(CC(N)c1ccccc1C(F)(F)F)C1CC1. The lowest BCUT2D eigenvalue weighted by Gasteiger charge is -2.23. The van der Waals surface area contributed by atoms with E-state index in [1.54, 1.807) is 6.07 Å². The van der Waals surface area contributed by atoms with E-state index in [0.717, 1.165) is 18.9 Å². The molecule has 5 heteroatoms. The second kappa shape index (κ2) is 4.90. The van der Waals surface area contributed by atoms with Crippen LogP contribution in [-0.4, -0.2) is 24.5 Å². The Morgan fingerprint density at radius 2 is 1.94 bits per heavy atom. The van der Waals surface area contributed by atoms with E-state index in [1.165, 1.54) is 12.1 Å². The lowest BCUT2D eigenvalue weighted by Crippen LogP contribution is -2.31. The summed E-state index contributed by atoms with van der Waals surface area (Å²) < 4.78 is 38.5. The van der Waals surface area contributed by atoms with Gasteiger partial charge in [0, 0.05) is 18.6 Å². The van der Waals surface area contributed by atoms with Gasteiger partial charge in [0.2, 0.25) is 0 Å². The Morgan fingerprint density at radius 1 is 1.33 bits per heavy atom. The molecule has 0 amide bonds. The predicted molar refractivity (Wildman–Crippen MR) is 64.0 cm³/mol. The van der Waals surface area contributed by atoms with Gasteiger partial charge in [0.15, 0.2) is 0 Å². The lowest BCUT2D eigenvalue weighted by molar-refractivity contribution is -0.138. The number of alkyl halides is 3. The molecule has 100 valence electrons. The fourth-order valence-electron chi connectivity index (χ4n) is 2.15. The molecule has 0 saturated heterocycles. The minimum Gasteiger partial charge on any atom is -0.323 e. The summed E-state index contributed by atoms with van der Waals surface area (Å²) in [6, 6.07) is 5.44. The average Bonchev–Trinajstić information content (AvgIpc) is 3.11. The predicted octanol–water partition coefficient (Wildman–Crippen LogP) is 2.80. The second-order valence-electron chi connectivity index (χ2n) is 4.86. The Labute approximate surface area is 105 Å². The van der Waals surface area contributed by atoms with Crippen LogP contribution in [0.4, 0.5) is 13.2 Å². The van der Waals surface area contributed by atoms with Gasteiger partial charge in [0.25, 0.3) is 0 Å². The van der Waals surface area contributed by atoms with E-state index in [0.29, 0.717) is 12.6 Å². The van der Waals surface area contributed by atoms with Crippen molar-refractivity contribution in [3.63, 3.8) is 0 Å². The quantitative estimate of drug-likeness (QED) is 0.899. The van der Waals surface area contributed by atoms with Crippen LogP contribution >= 0.6 is 0 Å². The third kappa shape index (κ3) is 3.03. The molecule has 1 aliphatic rings. The molecule has 0 aliphatic heterocycles. The largest absolute Gasteiger partial charge is 0.416 e. The molecule has 0 radical (unpaired) electrons. The molecule has 1 aliphatic carbocycles. The van der Waals surface area contributed by atoms with Crippen LogP contribution in [-0.2, 0) is 6.18 Å². The summed E-state index contributed by atoms with van der Waals surface area (Å²) in [6.45, 7) is 0.456. The van der Waals surface area contributed by atoms with E-state index in [-0.39, 0.29) is 5.56 Å². The van der Waals surface area contributed by atoms with Crippen molar-refractivity contribution in [2.75, 3.05) is 13.6 Å². The van der Waals surface area contributed by atoms with E-state index < -0.39 is 17.8 Å². The van der Waals surface area contributed by atoms with Gasteiger partial charge in [-0.1, -0.05) is 18.2 Å². The third-order valence-electron chi connectivity index (χ3n) is 3.32. The van der Waals surface area contributed by atoms with E-state index in [2.05, 4.69) is 0 Å². The number of benzene rings is 1. The number of rotatable bonds is 4.